The van der Waals surface area contributed by atoms with Gasteiger partial charge in [0.05, 0.1) is 24.2 Å². The van der Waals surface area contributed by atoms with Gasteiger partial charge in [0, 0.05) is 0 Å². The molecule has 4 atom stereocenters. The quantitative estimate of drug-likeness (QED) is 0.323. The van der Waals surface area contributed by atoms with Crippen LogP contribution in [0.25, 0.3) is 0 Å². The van der Waals surface area contributed by atoms with Crippen molar-refractivity contribution in [3.63, 3.8) is 0 Å². The van der Waals surface area contributed by atoms with E-state index in [4.69, 9.17) is 32.5 Å². The van der Waals surface area contributed by atoms with Gasteiger partial charge in [-0.25, -0.2) is 0 Å². The van der Waals surface area contributed by atoms with Gasteiger partial charge in [-0.05, 0) is 75.9 Å². The van der Waals surface area contributed by atoms with E-state index in [1.807, 2.05) is 0 Å². The summed E-state index contributed by atoms with van der Waals surface area (Å²) in [4.78, 5) is 32.0. The highest BCUT2D eigenvalue weighted by Crippen LogP contribution is 2.11. The number of aliphatic hydroxyl groups is 1. The lowest BCUT2D eigenvalue weighted by molar-refractivity contribution is -0.120. The first-order valence-corrected chi connectivity index (χ1v) is 10.8. The molecular weight excluding hydrogens is 438 g/mol. The third kappa shape index (κ3) is 13.4. The zero-order chi connectivity index (χ0) is 26.4. The SMILES string of the molecule is CC(=O)[C@@H](N)Cc1ccc(O)cc1.CC(=O)[C@H](N)C(C)O.CC(=O)[C@H](N)Cc1ccc(O)cc1. The molecule has 2 aromatic rings. The van der Waals surface area contributed by atoms with Crippen molar-refractivity contribution in [2.45, 2.75) is 64.8 Å². The smallest absolute Gasteiger partial charge is 0.149 e. The van der Waals surface area contributed by atoms with Crippen LogP contribution in [0.4, 0.5) is 0 Å². The van der Waals surface area contributed by atoms with Crippen LogP contribution in [0.1, 0.15) is 38.8 Å². The molecule has 1 unspecified atom stereocenters. The molecule has 9 N–H and O–H groups in total. The van der Waals surface area contributed by atoms with E-state index in [2.05, 4.69) is 0 Å². The van der Waals surface area contributed by atoms with Gasteiger partial charge < -0.3 is 32.5 Å². The van der Waals surface area contributed by atoms with Gasteiger partial charge in [0.2, 0.25) is 0 Å². The fraction of sp³-hybridized carbons (Fsp3) is 0.400. The van der Waals surface area contributed by atoms with Gasteiger partial charge in [-0.2, -0.15) is 0 Å². The summed E-state index contributed by atoms with van der Waals surface area (Å²) in [5.74, 6) is 0.224. The molecule has 2 aromatic carbocycles. The first-order chi connectivity index (χ1) is 15.7. The topological polar surface area (TPSA) is 190 Å². The van der Waals surface area contributed by atoms with Crippen molar-refractivity contribution < 1.29 is 29.7 Å². The van der Waals surface area contributed by atoms with Gasteiger partial charge in [0.1, 0.15) is 28.8 Å². The number of benzene rings is 2. The zero-order valence-corrected chi connectivity index (χ0v) is 20.1. The summed E-state index contributed by atoms with van der Waals surface area (Å²) in [6.07, 6.45) is 0.318. The van der Waals surface area contributed by atoms with Crippen LogP contribution >= 0.6 is 0 Å². The Kier molecular flexibility index (Phi) is 14.2. The molecule has 188 valence electrons. The van der Waals surface area contributed by atoms with Crippen LogP contribution in [0, 0.1) is 0 Å². The number of Topliss-reactive ketones (excluding diaryl/α,β-unsaturated/α-hetero) is 3. The number of carbonyl (C=O) groups is 3. The zero-order valence-electron chi connectivity index (χ0n) is 20.1. The van der Waals surface area contributed by atoms with E-state index in [0.717, 1.165) is 11.1 Å². The van der Waals surface area contributed by atoms with E-state index in [9.17, 15) is 14.4 Å². The molecule has 0 aliphatic rings. The van der Waals surface area contributed by atoms with Gasteiger partial charge in [0.15, 0.2) is 0 Å². The summed E-state index contributed by atoms with van der Waals surface area (Å²) in [6.45, 7) is 5.81. The first-order valence-electron chi connectivity index (χ1n) is 10.8. The predicted molar refractivity (Wildman–Crippen MR) is 131 cm³/mol. The summed E-state index contributed by atoms with van der Waals surface area (Å²) >= 11 is 0. The molecule has 0 aliphatic heterocycles. The van der Waals surface area contributed by atoms with E-state index in [1.165, 1.54) is 27.7 Å². The molecule has 0 bridgehead atoms. The first kappa shape index (κ1) is 30.9. The fourth-order valence-electron chi connectivity index (χ4n) is 2.40. The average molecular weight is 476 g/mol. The maximum absolute atomic E-state index is 10.8. The Morgan fingerprint density at radius 3 is 1.15 bits per heavy atom. The second kappa shape index (κ2) is 15.7. The van der Waals surface area contributed by atoms with Crippen molar-refractivity contribution in [2.75, 3.05) is 0 Å². The number of nitrogens with two attached hydrogens (primary N) is 3. The van der Waals surface area contributed by atoms with Crippen molar-refractivity contribution in [1.29, 1.82) is 0 Å². The molecule has 34 heavy (non-hydrogen) atoms. The molecule has 0 saturated carbocycles. The number of rotatable bonds is 8. The van der Waals surface area contributed by atoms with E-state index >= 15 is 0 Å². The second-order valence-corrected chi connectivity index (χ2v) is 8.05. The lowest BCUT2D eigenvalue weighted by Gasteiger charge is -2.08. The molecule has 0 heterocycles. The Hall–Kier alpha value is -3.11. The third-order valence-electron chi connectivity index (χ3n) is 4.82. The average Bonchev–Trinajstić information content (AvgIpc) is 2.76. The summed E-state index contributed by atoms with van der Waals surface area (Å²) < 4.78 is 0. The van der Waals surface area contributed by atoms with Crippen molar-refractivity contribution >= 4 is 17.3 Å². The number of aliphatic hydroxyl groups excluding tert-OH is 1. The number of ketones is 3. The van der Waals surface area contributed by atoms with Gasteiger partial charge in [0.25, 0.3) is 0 Å². The number of phenols is 2. The Morgan fingerprint density at radius 1 is 0.676 bits per heavy atom. The minimum absolute atomic E-state index is 0.0203. The van der Waals surface area contributed by atoms with Crippen LogP contribution in [-0.2, 0) is 27.2 Å². The Bertz CT molecular complexity index is 834. The van der Waals surface area contributed by atoms with Crippen LogP contribution in [0.3, 0.4) is 0 Å². The van der Waals surface area contributed by atoms with Crippen LogP contribution in [0.15, 0.2) is 48.5 Å². The summed E-state index contributed by atoms with van der Waals surface area (Å²) in [5.41, 5.74) is 18.2. The molecule has 0 radical (unpaired) electrons. The van der Waals surface area contributed by atoms with Crippen LogP contribution in [-0.4, -0.2) is 56.9 Å². The minimum Gasteiger partial charge on any atom is -0.508 e. The highest BCUT2D eigenvalue weighted by Gasteiger charge is 2.13. The number of hydrogen-bond donors (Lipinski definition) is 6. The van der Waals surface area contributed by atoms with Crippen molar-refractivity contribution in [2.24, 2.45) is 17.2 Å². The van der Waals surface area contributed by atoms with E-state index in [0.29, 0.717) is 12.8 Å². The largest absolute Gasteiger partial charge is 0.508 e. The molecule has 0 saturated heterocycles. The number of phenolic OH excluding ortho intramolecular Hbond substituents is 2. The number of aromatic hydroxyl groups is 2. The predicted octanol–water partition coefficient (Wildman–Crippen LogP) is 0.986. The van der Waals surface area contributed by atoms with Gasteiger partial charge in [-0.15, -0.1) is 0 Å². The Labute approximate surface area is 200 Å². The highest BCUT2D eigenvalue weighted by molar-refractivity contribution is 5.82. The number of hydrogen-bond acceptors (Lipinski definition) is 9. The Morgan fingerprint density at radius 2 is 0.971 bits per heavy atom. The van der Waals surface area contributed by atoms with E-state index in [1.54, 1.807) is 48.5 Å². The van der Waals surface area contributed by atoms with Crippen LogP contribution in [0.2, 0.25) is 0 Å². The van der Waals surface area contributed by atoms with Gasteiger partial charge in [-0.1, -0.05) is 24.3 Å². The van der Waals surface area contributed by atoms with Gasteiger partial charge >= 0.3 is 0 Å². The lowest BCUT2D eigenvalue weighted by Crippen LogP contribution is -2.38. The molecule has 0 fully saturated rings. The molecule has 0 aromatic heterocycles. The van der Waals surface area contributed by atoms with E-state index < -0.39 is 24.2 Å². The van der Waals surface area contributed by atoms with Gasteiger partial charge in [-0.3, -0.25) is 14.4 Å². The Balaban J connectivity index is 0.000000497. The monoisotopic (exact) mass is 475 g/mol. The summed E-state index contributed by atoms with van der Waals surface area (Å²) in [6, 6.07) is 11.8. The normalized spacial score (nSPS) is 13.6. The summed E-state index contributed by atoms with van der Waals surface area (Å²) in [7, 11) is 0. The molecule has 0 amide bonds. The molecular formula is C25H37N3O6. The van der Waals surface area contributed by atoms with Crippen LogP contribution in [0.5, 0.6) is 11.5 Å². The standard InChI is InChI=1S/2C10H13NO2.C5H11NO2/c2*1-7(12)10(11)6-8-2-4-9(13)5-3-8;1-3(7)5(6)4(2)8/h2*2-5,10,13H,6,11H2,1H3;3,5,7H,6H2,1-2H3/t2*10-;3?,5-/m101/s1. The van der Waals surface area contributed by atoms with Crippen molar-refractivity contribution in [3.8, 4) is 11.5 Å². The molecule has 0 aliphatic carbocycles. The highest BCUT2D eigenvalue weighted by atomic mass is 16.3. The molecule has 9 nitrogen and oxygen atoms in total. The second-order valence-electron chi connectivity index (χ2n) is 8.05. The van der Waals surface area contributed by atoms with E-state index in [-0.39, 0.29) is 28.8 Å². The minimum atomic E-state index is -0.729. The van der Waals surface area contributed by atoms with Crippen molar-refractivity contribution in [3.05, 3.63) is 59.7 Å². The molecule has 2 rings (SSSR count). The molecule has 9 heteroatoms. The fourth-order valence-corrected chi connectivity index (χ4v) is 2.40. The lowest BCUT2D eigenvalue weighted by atomic mass is 10.0. The van der Waals surface area contributed by atoms with Crippen molar-refractivity contribution in [1.82, 2.24) is 0 Å². The molecule has 0 spiro atoms. The number of carbonyl (C=O) groups excluding carboxylic acids is 3. The maximum atomic E-state index is 10.8. The maximum Gasteiger partial charge on any atom is 0.149 e. The third-order valence-corrected chi connectivity index (χ3v) is 4.82. The summed E-state index contributed by atoms with van der Waals surface area (Å²) in [5, 5.41) is 26.6. The van der Waals surface area contributed by atoms with Crippen LogP contribution < -0.4 is 17.2 Å².